The Balaban J connectivity index is 2.75. The molecule has 6 nitrogen and oxygen atoms in total. The van der Waals surface area contributed by atoms with Crippen molar-refractivity contribution < 1.29 is 18.3 Å². The van der Waals surface area contributed by atoms with E-state index in [-0.39, 0.29) is 12.3 Å². The van der Waals surface area contributed by atoms with Crippen LogP contribution in [-0.4, -0.2) is 56.8 Å². The number of nitrogens with zero attached hydrogens (tertiary/aromatic N) is 2. The Morgan fingerprint density at radius 1 is 1.19 bits per heavy atom. The predicted molar refractivity (Wildman–Crippen MR) is 105 cm³/mol. The van der Waals surface area contributed by atoms with Gasteiger partial charge in [-0.25, -0.2) is 0 Å². The fourth-order valence-corrected chi connectivity index (χ4v) is 2.81. The summed E-state index contributed by atoms with van der Waals surface area (Å²) < 4.78 is 35.7. The molecule has 2 N–H and O–H groups in total. The van der Waals surface area contributed by atoms with Crippen LogP contribution in [-0.2, 0) is 6.54 Å². The van der Waals surface area contributed by atoms with Crippen molar-refractivity contribution in [2.75, 3.05) is 33.3 Å². The van der Waals surface area contributed by atoms with Crippen molar-refractivity contribution in [3.63, 3.8) is 0 Å². The van der Waals surface area contributed by atoms with Gasteiger partial charge in [-0.1, -0.05) is 26.0 Å². The number of aliphatic imine (C=N–C) groups is 1. The Kier molecular flexibility index (Phi) is 10.5. The molecule has 1 atom stereocenters. The van der Waals surface area contributed by atoms with Crippen LogP contribution in [0.4, 0.5) is 8.78 Å². The van der Waals surface area contributed by atoms with Crippen LogP contribution in [0.3, 0.4) is 0 Å². The molecule has 0 aliphatic carbocycles. The quantitative estimate of drug-likeness (QED) is 0.452. The van der Waals surface area contributed by atoms with Gasteiger partial charge in [0.1, 0.15) is 0 Å². The first-order chi connectivity index (χ1) is 13.0. The monoisotopic (exact) mass is 386 g/mol. The fraction of sp³-hybridized carbons (Fsp3) is 0.632. The number of nitrogens with one attached hydrogen (secondary N) is 2. The normalized spacial score (nSPS) is 13.0. The molecule has 1 unspecified atom stereocenters. The van der Waals surface area contributed by atoms with Crippen molar-refractivity contribution in [2.24, 2.45) is 4.99 Å². The molecule has 0 aliphatic rings. The van der Waals surface area contributed by atoms with Gasteiger partial charge >= 0.3 is 6.61 Å². The Hall–Kier alpha value is -2.09. The molecule has 0 spiro atoms. The average Bonchev–Trinajstić information content (AvgIpc) is 2.64. The lowest BCUT2D eigenvalue weighted by atomic mass is 10.2. The highest BCUT2D eigenvalue weighted by molar-refractivity contribution is 5.79. The lowest BCUT2D eigenvalue weighted by molar-refractivity contribution is -0.0520. The molecule has 1 aromatic carbocycles. The number of rotatable bonds is 11. The molecule has 0 saturated heterocycles. The molecule has 0 aromatic heterocycles. The van der Waals surface area contributed by atoms with E-state index in [4.69, 9.17) is 4.74 Å². The van der Waals surface area contributed by atoms with Crippen LogP contribution in [0.5, 0.6) is 11.5 Å². The van der Waals surface area contributed by atoms with Crippen molar-refractivity contribution in [1.82, 2.24) is 15.5 Å². The van der Waals surface area contributed by atoms with Gasteiger partial charge in [-0.15, -0.1) is 0 Å². The van der Waals surface area contributed by atoms with Gasteiger partial charge in [-0.3, -0.25) is 9.89 Å². The smallest absolute Gasteiger partial charge is 0.387 e. The Labute approximate surface area is 160 Å². The van der Waals surface area contributed by atoms with Crippen LogP contribution in [0.15, 0.2) is 23.2 Å². The standard InChI is InChI=1S/C19H32F2N4O2/c1-6-25(7-2)14(4)12-23-19(22-5)24-13-15-10-9-11-16(26-8-3)17(15)27-18(20)21/h9-11,14,18H,6-8,12-13H2,1-5H3,(H2,22,23,24). The summed E-state index contributed by atoms with van der Waals surface area (Å²) in [6.45, 7) is 8.59. The second-order valence-electron chi connectivity index (χ2n) is 5.93. The fourth-order valence-electron chi connectivity index (χ4n) is 2.81. The number of guanidine groups is 1. The number of likely N-dealkylation sites (N-methyl/N-ethyl adjacent to an activating group) is 1. The SMILES string of the molecule is CCOc1cccc(CNC(=NC)NCC(C)N(CC)CC)c1OC(F)F. The van der Waals surface area contributed by atoms with Gasteiger partial charge < -0.3 is 20.1 Å². The van der Waals surface area contributed by atoms with E-state index in [2.05, 4.69) is 46.0 Å². The summed E-state index contributed by atoms with van der Waals surface area (Å²) in [7, 11) is 1.67. The molecule has 0 bridgehead atoms. The van der Waals surface area contributed by atoms with E-state index in [1.807, 2.05) is 0 Å². The molecule has 0 amide bonds. The lowest BCUT2D eigenvalue weighted by Crippen LogP contribution is -2.45. The molecule has 8 heteroatoms. The highest BCUT2D eigenvalue weighted by Gasteiger charge is 2.16. The highest BCUT2D eigenvalue weighted by atomic mass is 19.3. The topological polar surface area (TPSA) is 58.1 Å². The van der Waals surface area contributed by atoms with Crippen LogP contribution >= 0.6 is 0 Å². The minimum atomic E-state index is -2.92. The maximum atomic E-state index is 12.8. The second-order valence-corrected chi connectivity index (χ2v) is 5.93. The van der Waals surface area contributed by atoms with E-state index in [9.17, 15) is 8.78 Å². The maximum absolute atomic E-state index is 12.8. The number of para-hydroxylation sites is 1. The number of alkyl halides is 2. The van der Waals surface area contributed by atoms with Gasteiger partial charge in [0.15, 0.2) is 17.5 Å². The summed E-state index contributed by atoms with van der Waals surface area (Å²) >= 11 is 0. The third-order valence-corrected chi connectivity index (χ3v) is 4.24. The van der Waals surface area contributed by atoms with E-state index in [0.29, 0.717) is 29.9 Å². The van der Waals surface area contributed by atoms with Crippen LogP contribution < -0.4 is 20.1 Å². The number of benzene rings is 1. The van der Waals surface area contributed by atoms with Crippen molar-refractivity contribution in [3.05, 3.63) is 23.8 Å². The van der Waals surface area contributed by atoms with Crippen molar-refractivity contribution in [2.45, 2.75) is 46.9 Å². The first-order valence-corrected chi connectivity index (χ1v) is 9.34. The molecular weight excluding hydrogens is 354 g/mol. The lowest BCUT2D eigenvalue weighted by Gasteiger charge is -2.27. The van der Waals surface area contributed by atoms with Crippen molar-refractivity contribution in [3.8, 4) is 11.5 Å². The minimum Gasteiger partial charge on any atom is -0.490 e. The van der Waals surface area contributed by atoms with E-state index in [0.717, 1.165) is 19.6 Å². The molecule has 0 aliphatic heterocycles. The third kappa shape index (κ3) is 7.58. The molecule has 1 rings (SSSR count). The summed E-state index contributed by atoms with van der Waals surface area (Å²) in [6.07, 6.45) is 0. The largest absolute Gasteiger partial charge is 0.490 e. The van der Waals surface area contributed by atoms with Gasteiger partial charge in [0.05, 0.1) is 6.61 Å². The van der Waals surface area contributed by atoms with Crippen LogP contribution in [0, 0.1) is 0 Å². The molecule has 0 fully saturated rings. The van der Waals surface area contributed by atoms with Crippen molar-refractivity contribution >= 4 is 5.96 Å². The second kappa shape index (κ2) is 12.3. The molecule has 0 heterocycles. The zero-order valence-corrected chi connectivity index (χ0v) is 16.9. The van der Waals surface area contributed by atoms with Crippen LogP contribution in [0.1, 0.15) is 33.3 Å². The summed E-state index contributed by atoms with van der Waals surface area (Å²) in [5, 5.41) is 6.40. The summed E-state index contributed by atoms with van der Waals surface area (Å²) in [5.74, 6) is 0.947. The molecule has 154 valence electrons. The van der Waals surface area contributed by atoms with E-state index >= 15 is 0 Å². The van der Waals surface area contributed by atoms with E-state index in [1.165, 1.54) is 0 Å². The molecule has 27 heavy (non-hydrogen) atoms. The number of halogens is 2. The van der Waals surface area contributed by atoms with Crippen LogP contribution in [0.25, 0.3) is 0 Å². The average molecular weight is 386 g/mol. The molecule has 0 radical (unpaired) electrons. The van der Waals surface area contributed by atoms with Gasteiger partial charge in [0, 0.05) is 31.7 Å². The Bertz CT molecular complexity index is 581. The van der Waals surface area contributed by atoms with Gasteiger partial charge in [0.2, 0.25) is 0 Å². The van der Waals surface area contributed by atoms with Gasteiger partial charge in [0.25, 0.3) is 0 Å². The molecule has 1 aromatic rings. The number of hydrogen-bond acceptors (Lipinski definition) is 4. The number of ether oxygens (including phenoxy) is 2. The summed E-state index contributed by atoms with van der Waals surface area (Å²) in [5.41, 5.74) is 0.570. The Morgan fingerprint density at radius 3 is 2.44 bits per heavy atom. The first-order valence-electron chi connectivity index (χ1n) is 9.34. The first kappa shape index (κ1) is 23.0. The van der Waals surface area contributed by atoms with Crippen molar-refractivity contribution in [1.29, 1.82) is 0 Å². The van der Waals surface area contributed by atoms with E-state index in [1.54, 1.807) is 32.2 Å². The summed E-state index contributed by atoms with van der Waals surface area (Å²) in [6, 6.07) is 5.43. The zero-order chi connectivity index (χ0) is 20.2. The Morgan fingerprint density at radius 2 is 1.89 bits per heavy atom. The molecular formula is C19H32F2N4O2. The molecule has 0 saturated carbocycles. The predicted octanol–water partition coefficient (Wildman–Crippen LogP) is 3.08. The highest BCUT2D eigenvalue weighted by Crippen LogP contribution is 2.32. The van der Waals surface area contributed by atoms with Gasteiger partial charge in [-0.2, -0.15) is 8.78 Å². The summed E-state index contributed by atoms with van der Waals surface area (Å²) in [4.78, 5) is 6.52. The van der Waals surface area contributed by atoms with Crippen LogP contribution in [0.2, 0.25) is 0 Å². The van der Waals surface area contributed by atoms with Gasteiger partial charge in [-0.05, 0) is 33.0 Å². The van der Waals surface area contributed by atoms with E-state index < -0.39 is 6.61 Å². The zero-order valence-electron chi connectivity index (χ0n) is 16.9. The third-order valence-electron chi connectivity index (χ3n) is 4.24. The minimum absolute atomic E-state index is 0.0498. The maximum Gasteiger partial charge on any atom is 0.387 e. The number of hydrogen-bond donors (Lipinski definition) is 2.